The molecule has 0 aliphatic heterocycles. The Kier molecular flexibility index (Phi) is 3.47. The molecule has 2 aromatic carbocycles. The van der Waals surface area contributed by atoms with Crippen LogP contribution in [0.2, 0.25) is 5.02 Å². The van der Waals surface area contributed by atoms with Crippen molar-refractivity contribution in [2.45, 2.75) is 13.0 Å². The normalized spacial score (nSPS) is 12.5. The summed E-state index contributed by atoms with van der Waals surface area (Å²) in [5.41, 5.74) is 8.98. The van der Waals surface area contributed by atoms with Crippen molar-refractivity contribution in [3.63, 3.8) is 0 Å². The number of hydrogen-bond acceptors (Lipinski definition) is 3. The minimum Gasteiger partial charge on any atom is -0.497 e. The number of aromatic nitrogens is 2. The number of halogens is 1. The number of anilines is 1. The molecule has 1 aromatic heterocycles. The highest BCUT2D eigenvalue weighted by molar-refractivity contribution is 6.30. The van der Waals surface area contributed by atoms with Gasteiger partial charge in [-0.2, -0.15) is 0 Å². The van der Waals surface area contributed by atoms with Crippen LogP contribution in [0.1, 0.15) is 18.5 Å². The predicted molar refractivity (Wildman–Crippen MR) is 86.0 cm³/mol. The summed E-state index contributed by atoms with van der Waals surface area (Å²) in [6, 6.07) is 13.6. The van der Waals surface area contributed by atoms with Gasteiger partial charge in [0.05, 0.1) is 24.2 Å². The van der Waals surface area contributed by atoms with Gasteiger partial charge in [-0.05, 0) is 36.8 Å². The average Bonchev–Trinajstić information content (AvgIpc) is 2.81. The molecule has 3 rings (SSSR count). The lowest BCUT2D eigenvalue weighted by atomic mass is 10.1. The van der Waals surface area contributed by atoms with Gasteiger partial charge in [0.25, 0.3) is 0 Å². The first-order valence-corrected chi connectivity index (χ1v) is 7.05. The van der Waals surface area contributed by atoms with E-state index in [2.05, 4.69) is 11.9 Å². The zero-order valence-corrected chi connectivity index (χ0v) is 12.6. The van der Waals surface area contributed by atoms with Gasteiger partial charge in [-0.3, -0.25) is 0 Å². The second kappa shape index (κ2) is 5.30. The second-order valence-electron chi connectivity index (χ2n) is 4.93. The molecule has 3 aromatic rings. The molecular formula is C16H16ClN3O. The van der Waals surface area contributed by atoms with E-state index in [0.717, 1.165) is 22.3 Å². The molecule has 0 fully saturated rings. The second-order valence-corrected chi connectivity index (χ2v) is 5.36. The molecule has 21 heavy (non-hydrogen) atoms. The summed E-state index contributed by atoms with van der Waals surface area (Å²) in [6.45, 7) is 2.08. The predicted octanol–water partition coefficient (Wildman–Crippen LogP) is 3.89. The lowest BCUT2D eigenvalue weighted by Crippen LogP contribution is -2.10. The molecule has 1 unspecified atom stereocenters. The largest absolute Gasteiger partial charge is 0.497 e. The van der Waals surface area contributed by atoms with Gasteiger partial charge in [-0.1, -0.05) is 23.7 Å². The Morgan fingerprint density at radius 3 is 2.76 bits per heavy atom. The molecule has 0 amide bonds. The van der Waals surface area contributed by atoms with Crippen LogP contribution < -0.4 is 10.5 Å². The number of nitrogens with two attached hydrogens (primary N) is 1. The van der Waals surface area contributed by atoms with E-state index in [1.807, 2.05) is 47.0 Å². The van der Waals surface area contributed by atoms with Crippen molar-refractivity contribution in [1.82, 2.24) is 9.55 Å². The Balaban J connectivity index is 2.13. The quantitative estimate of drug-likeness (QED) is 0.798. The van der Waals surface area contributed by atoms with E-state index in [-0.39, 0.29) is 6.04 Å². The number of fused-ring (bicyclic) bond motifs is 1. The Labute approximate surface area is 128 Å². The van der Waals surface area contributed by atoms with Crippen molar-refractivity contribution in [2.24, 2.45) is 0 Å². The summed E-state index contributed by atoms with van der Waals surface area (Å²) in [5, 5.41) is 0.712. The van der Waals surface area contributed by atoms with Crippen LogP contribution in [0.4, 0.5) is 5.95 Å². The standard InChI is InChI=1S/C16H16ClN3O/c1-10(11-4-3-5-12(17)8-11)20-15-7-6-13(21-2)9-14(15)19-16(20)18/h3-10H,1-2H3,(H2,18,19). The number of nitrogen functional groups attached to an aromatic ring is 1. The van der Waals surface area contributed by atoms with Gasteiger partial charge in [0, 0.05) is 11.1 Å². The first kappa shape index (κ1) is 13.8. The molecule has 0 saturated carbocycles. The van der Waals surface area contributed by atoms with E-state index in [9.17, 15) is 0 Å². The molecule has 0 bridgehead atoms. The molecule has 0 radical (unpaired) electrons. The molecule has 108 valence electrons. The molecule has 4 nitrogen and oxygen atoms in total. The summed E-state index contributed by atoms with van der Waals surface area (Å²) < 4.78 is 7.23. The Morgan fingerprint density at radius 1 is 1.24 bits per heavy atom. The minimum absolute atomic E-state index is 0.0436. The van der Waals surface area contributed by atoms with Gasteiger partial charge in [0.1, 0.15) is 5.75 Å². The molecule has 0 aliphatic carbocycles. The first-order chi connectivity index (χ1) is 10.1. The van der Waals surface area contributed by atoms with Crippen LogP contribution in [0.15, 0.2) is 42.5 Å². The number of imidazole rings is 1. The maximum absolute atomic E-state index is 6.10. The van der Waals surface area contributed by atoms with Gasteiger partial charge in [0.15, 0.2) is 0 Å². The zero-order chi connectivity index (χ0) is 15.0. The fourth-order valence-electron chi connectivity index (χ4n) is 2.55. The van der Waals surface area contributed by atoms with Crippen molar-refractivity contribution in [3.8, 4) is 5.75 Å². The summed E-state index contributed by atoms with van der Waals surface area (Å²) in [4.78, 5) is 4.42. The van der Waals surface area contributed by atoms with Crippen LogP contribution in [0, 0.1) is 0 Å². The lowest BCUT2D eigenvalue weighted by Gasteiger charge is -2.16. The topological polar surface area (TPSA) is 53.1 Å². The Bertz CT molecular complexity index is 797. The van der Waals surface area contributed by atoms with E-state index < -0.39 is 0 Å². The van der Waals surface area contributed by atoms with Crippen molar-refractivity contribution >= 4 is 28.6 Å². The van der Waals surface area contributed by atoms with Crippen LogP contribution in [0.5, 0.6) is 5.75 Å². The van der Waals surface area contributed by atoms with E-state index in [0.29, 0.717) is 11.0 Å². The molecular weight excluding hydrogens is 286 g/mol. The molecule has 2 N–H and O–H groups in total. The van der Waals surface area contributed by atoms with E-state index in [1.165, 1.54) is 0 Å². The molecule has 0 saturated heterocycles. The number of ether oxygens (including phenoxy) is 1. The third-order valence-corrected chi connectivity index (χ3v) is 3.88. The lowest BCUT2D eigenvalue weighted by molar-refractivity contribution is 0.415. The third-order valence-electron chi connectivity index (χ3n) is 3.64. The fraction of sp³-hybridized carbons (Fsp3) is 0.188. The van der Waals surface area contributed by atoms with Gasteiger partial charge in [-0.25, -0.2) is 4.98 Å². The summed E-state index contributed by atoms with van der Waals surface area (Å²) in [6.07, 6.45) is 0. The number of rotatable bonds is 3. The number of benzene rings is 2. The molecule has 1 atom stereocenters. The van der Waals surface area contributed by atoms with Crippen LogP contribution >= 0.6 is 11.6 Å². The SMILES string of the molecule is COc1ccc2c(c1)nc(N)n2C(C)c1cccc(Cl)c1. The Morgan fingerprint density at radius 2 is 2.05 bits per heavy atom. The van der Waals surface area contributed by atoms with Crippen molar-refractivity contribution in [1.29, 1.82) is 0 Å². The van der Waals surface area contributed by atoms with Crippen LogP contribution in [-0.4, -0.2) is 16.7 Å². The first-order valence-electron chi connectivity index (χ1n) is 6.67. The van der Waals surface area contributed by atoms with E-state index in [1.54, 1.807) is 7.11 Å². The summed E-state index contributed by atoms with van der Waals surface area (Å²) in [5.74, 6) is 1.24. The van der Waals surface area contributed by atoms with Crippen LogP contribution in [-0.2, 0) is 0 Å². The number of nitrogens with zero attached hydrogens (tertiary/aromatic N) is 2. The molecule has 1 heterocycles. The highest BCUT2D eigenvalue weighted by Gasteiger charge is 2.16. The molecule has 0 aliphatic rings. The van der Waals surface area contributed by atoms with Gasteiger partial charge < -0.3 is 15.0 Å². The van der Waals surface area contributed by atoms with E-state index >= 15 is 0 Å². The van der Waals surface area contributed by atoms with Crippen molar-refractivity contribution < 1.29 is 4.74 Å². The highest BCUT2D eigenvalue weighted by atomic mass is 35.5. The minimum atomic E-state index is 0.0436. The van der Waals surface area contributed by atoms with Crippen molar-refractivity contribution in [3.05, 3.63) is 53.1 Å². The average molecular weight is 302 g/mol. The van der Waals surface area contributed by atoms with Crippen LogP contribution in [0.3, 0.4) is 0 Å². The Hall–Kier alpha value is -2.20. The maximum atomic E-state index is 6.10. The van der Waals surface area contributed by atoms with Gasteiger partial charge in [-0.15, -0.1) is 0 Å². The van der Waals surface area contributed by atoms with Crippen molar-refractivity contribution in [2.75, 3.05) is 12.8 Å². The maximum Gasteiger partial charge on any atom is 0.201 e. The fourth-order valence-corrected chi connectivity index (χ4v) is 2.75. The van der Waals surface area contributed by atoms with E-state index in [4.69, 9.17) is 22.1 Å². The highest BCUT2D eigenvalue weighted by Crippen LogP contribution is 2.30. The number of methoxy groups -OCH3 is 1. The molecule has 0 spiro atoms. The van der Waals surface area contributed by atoms with Gasteiger partial charge >= 0.3 is 0 Å². The summed E-state index contributed by atoms with van der Waals surface area (Å²) in [7, 11) is 1.64. The molecule has 5 heteroatoms. The third kappa shape index (κ3) is 2.43. The van der Waals surface area contributed by atoms with Gasteiger partial charge in [0.2, 0.25) is 5.95 Å². The number of hydrogen-bond donors (Lipinski definition) is 1. The smallest absolute Gasteiger partial charge is 0.201 e. The summed E-state index contributed by atoms with van der Waals surface area (Å²) >= 11 is 6.08. The monoisotopic (exact) mass is 301 g/mol. The zero-order valence-electron chi connectivity index (χ0n) is 11.9. The van der Waals surface area contributed by atoms with Crippen LogP contribution in [0.25, 0.3) is 11.0 Å².